The van der Waals surface area contributed by atoms with Crippen LogP contribution in [-0.4, -0.2) is 26.5 Å². The number of fused-ring (bicyclic) bond motifs is 2. The zero-order valence-corrected chi connectivity index (χ0v) is 11.7. The number of hydrogen-bond acceptors (Lipinski definition) is 4. The summed E-state index contributed by atoms with van der Waals surface area (Å²) in [5.41, 5.74) is 8.86. The number of aromatic nitrogens is 3. The van der Waals surface area contributed by atoms with Gasteiger partial charge in [0.15, 0.2) is 11.5 Å². The lowest BCUT2D eigenvalue weighted by Crippen LogP contribution is -2.05. The minimum atomic E-state index is 0.0156. The molecule has 0 bridgehead atoms. The number of nitrogens with zero attached hydrogens (tertiary/aromatic N) is 3. The summed E-state index contributed by atoms with van der Waals surface area (Å²) in [7, 11) is 0. The summed E-state index contributed by atoms with van der Waals surface area (Å²) in [6.07, 6.45) is 0. The van der Waals surface area contributed by atoms with E-state index in [1.54, 1.807) is 4.68 Å². The number of hydrogen-bond donors (Lipinski definition) is 2. The van der Waals surface area contributed by atoms with Crippen molar-refractivity contribution in [1.82, 2.24) is 14.8 Å². The highest BCUT2D eigenvalue weighted by molar-refractivity contribution is 5.97. The number of aliphatic hydroxyl groups excluding tert-OH is 1. The van der Waals surface area contributed by atoms with Crippen LogP contribution in [0.3, 0.4) is 0 Å². The highest BCUT2D eigenvalue weighted by Gasteiger charge is 2.13. The third-order valence-corrected chi connectivity index (χ3v) is 3.54. The Morgan fingerprint density at radius 2 is 2.15 bits per heavy atom. The average Bonchev–Trinajstić information content (AvgIpc) is 2.72. The Morgan fingerprint density at radius 3 is 2.85 bits per heavy atom. The van der Waals surface area contributed by atoms with Gasteiger partial charge < -0.3 is 10.8 Å². The van der Waals surface area contributed by atoms with Crippen LogP contribution in [0.1, 0.15) is 25.3 Å². The van der Waals surface area contributed by atoms with Crippen LogP contribution >= 0.6 is 0 Å². The van der Waals surface area contributed by atoms with E-state index in [4.69, 9.17) is 15.8 Å². The highest BCUT2D eigenvalue weighted by atomic mass is 16.3. The zero-order valence-electron chi connectivity index (χ0n) is 11.7. The Bertz CT molecular complexity index is 776. The van der Waals surface area contributed by atoms with Crippen molar-refractivity contribution in [2.45, 2.75) is 26.3 Å². The van der Waals surface area contributed by atoms with Crippen LogP contribution in [0.15, 0.2) is 24.3 Å². The van der Waals surface area contributed by atoms with Gasteiger partial charge in [0.2, 0.25) is 0 Å². The average molecular weight is 270 g/mol. The van der Waals surface area contributed by atoms with Gasteiger partial charge in [0, 0.05) is 5.39 Å². The maximum absolute atomic E-state index is 9.12. The van der Waals surface area contributed by atoms with Gasteiger partial charge in [0.1, 0.15) is 0 Å². The smallest absolute Gasteiger partial charge is 0.160 e. The van der Waals surface area contributed by atoms with E-state index >= 15 is 0 Å². The molecule has 0 aliphatic heterocycles. The molecular weight excluding hydrogens is 252 g/mol. The Balaban J connectivity index is 2.37. The maximum atomic E-state index is 9.12. The van der Waals surface area contributed by atoms with Crippen molar-refractivity contribution < 1.29 is 5.11 Å². The highest BCUT2D eigenvalue weighted by Crippen LogP contribution is 2.28. The third kappa shape index (κ3) is 1.91. The minimum Gasteiger partial charge on any atom is -0.394 e. The molecule has 1 aromatic carbocycles. The molecular formula is C15H18N4O. The van der Waals surface area contributed by atoms with E-state index in [1.807, 2.05) is 18.2 Å². The molecule has 3 rings (SSSR count). The molecule has 0 saturated carbocycles. The van der Waals surface area contributed by atoms with Crippen LogP contribution in [0, 0.1) is 0 Å². The molecule has 0 aliphatic carbocycles. The van der Waals surface area contributed by atoms with Crippen molar-refractivity contribution in [2.75, 3.05) is 12.3 Å². The number of aliphatic hydroxyl groups is 1. The normalized spacial score (nSPS) is 11.8. The lowest BCUT2D eigenvalue weighted by atomic mass is 9.99. The molecule has 0 unspecified atom stereocenters. The Labute approximate surface area is 117 Å². The lowest BCUT2D eigenvalue weighted by Gasteiger charge is -2.09. The van der Waals surface area contributed by atoms with Gasteiger partial charge in [-0.05, 0) is 17.5 Å². The van der Waals surface area contributed by atoms with Gasteiger partial charge in [-0.15, -0.1) is 0 Å². The van der Waals surface area contributed by atoms with Crippen molar-refractivity contribution >= 4 is 27.8 Å². The van der Waals surface area contributed by atoms with E-state index in [0.717, 1.165) is 21.9 Å². The number of nitrogens with two attached hydrogens (primary N) is 1. The molecule has 20 heavy (non-hydrogen) atoms. The largest absolute Gasteiger partial charge is 0.394 e. The van der Waals surface area contributed by atoms with E-state index in [0.29, 0.717) is 18.3 Å². The standard InChI is InChI=1S/C15H18N4O/c1-9(2)11-5-3-4-10-8-12-14(16)18-19(6-7-20)15(12)17-13(10)11/h3-5,8-9,20H,6-7H2,1-2H3,(H2,16,18). The summed E-state index contributed by atoms with van der Waals surface area (Å²) in [4.78, 5) is 4.75. The van der Waals surface area contributed by atoms with Gasteiger partial charge in [-0.25, -0.2) is 9.67 Å². The second kappa shape index (κ2) is 4.76. The maximum Gasteiger partial charge on any atom is 0.160 e. The van der Waals surface area contributed by atoms with Crippen LogP contribution in [0.4, 0.5) is 5.82 Å². The second-order valence-corrected chi connectivity index (χ2v) is 5.27. The molecule has 0 radical (unpaired) electrons. The quantitative estimate of drug-likeness (QED) is 0.765. The predicted molar refractivity (Wildman–Crippen MR) is 80.6 cm³/mol. The van der Waals surface area contributed by atoms with E-state index in [2.05, 4.69) is 25.0 Å². The number of pyridine rings is 1. The number of para-hydroxylation sites is 1. The number of nitrogen functional groups attached to an aromatic ring is 1. The molecule has 104 valence electrons. The summed E-state index contributed by atoms with van der Waals surface area (Å²) >= 11 is 0. The molecule has 5 nitrogen and oxygen atoms in total. The molecule has 3 N–H and O–H groups in total. The van der Waals surface area contributed by atoms with Crippen LogP contribution < -0.4 is 5.73 Å². The fourth-order valence-corrected chi connectivity index (χ4v) is 2.54. The molecule has 2 heterocycles. The van der Waals surface area contributed by atoms with Crippen LogP contribution in [0.25, 0.3) is 21.9 Å². The first-order chi connectivity index (χ1) is 9.61. The fraction of sp³-hybridized carbons (Fsp3) is 0.333. The fourth-order valence-electron chi connectivity index (χ4n) is 2.54. The second-order valence-electron chi connectivity index (χ2n) is 5.27. The predicted octanol–water partition coefficient (Wildman–Crippen LogP) is 2.28. The Hall–Kier alpha value is -2.14. The van der Waals surface area contributed by atoms with Crippen molar-refractivity contribution in [2.24, 2.45) is 0 Å². The molecule has 0 saturated heterocycles. The number of benzene rings is 1. The Morgan fingerprint density at radius 1 is 1.35 bits per heavy atom. The van der Waals surface area contributed by atoms with Gasteiger partial charge in [0.05, 0.1) is 24.1 Å². The molecule has 0 amide bonds. The van der Waals surface area contributed by atoms with Crippen LogP contribution in [0.5, 0.6) is 0 Å². The van der Waals surface area contributed by atoms with Crippen LogP contribution in [-0.2, 0) is 6.54 Å². The molecule has 2 aromatic heterocycles. The molecule has 0 fully saturated rings. The molecule has 0 aliphatic rings. The first-order valence-electron chi connectivity index (χ1n) is 6.78. The summed E-state index contributed by atoms with van der Waals surface area (Å²) in [5.74, 6) is 0.855. The summed E-state index contributed by atoms with van der Waals surface area (Å²) in [6.45, 7) is 4.72. The van der Waals surface area contributed by atoms with Gasteiger partial charge >= 0.3 is 0 Å². The van der Waals surface area contributed by atoms with Crippen molar-refractivity contribution in [3.63, 3.8) is 0 Å². The Kier molecular flexibility index (Phi) is 3.06. The van der Waals surface area contributed by atoms with E-state index in [-0.39, 0.29) is 6.61 Å². The topological polar surface area (TPSA) is 77.0 Å². The summed E-state index contributed by atoms with van der Waals surface area (Å²) in [6, 6.07) is 8.21. The number of anilines is 1. The SMILES string of the molecule is CC(C)c1cccc2cc3c(N)nn(CCO)c3nc12. The lowest BCUT2D eigenvalue weighted by molar-refractivity contribution is 0.271. The van der Waals surface area contributed by atoms with E-state index in [9.17, 15) is 0 Å². The van der Waals surface area contributed by atoms with Gasteiger partial charge in [-0.3, -0.25) is 0 Å². The monoisotopic (exact) mass is 270 g/mol. The van der Waals surface area contributed by atoms with E-state index in [1.165, 1.54) is 5.56 Å². The van der Waals surface area contributed by atoms with Crippen molar-refractivity contribution in [3.05, 3.63) is 29.8 Å². The first kappa shape index (κ1) is 12.9. The summed E-state index contributed by atoms with van der Waals surface area (Å²) in [5, 5.41) is 15.3. The molecule has 0 atom stereocenters. The first-order valence-corrected chi connectivity index (χ1v) is 6.78. The molecule has 0 spiro atoms. The van der Waals surface area contributed by atoms with E-state index < -0.39 is 0 Å². The minimum absolute atomic E-state index is 0.0156. The van der Waals surface area contributed by atoms with Gasteiger partial charge in [-0.1, -0.05) is 32.0 Å². The van der Waals surface area contributed by atoms with Crippen molar-refractivity contribution in [3.8, 4) is 0 Å². The number of rotatable bonds is 3. The summed E-state index contributed by atoms with van der Waals surface area (Å²) < 4.78 is 1.67. The molecule has 3 aromatic rings. The molecule has 5 heteroatoms. The third-order valence-electron chi connectivity index (χ3n) is 3.54. The van der Waals surface area contributed by atoms with Gasteiger partial charge in [0.25, 0.3) is 0 Å². The van der Waals surface area contributed by atoms with Crippen molar-refractivity contribution in [1.29, 1.82) is 0 Å². The zero-order chi connectivity index (χ0) is 14.3. The van der Waals surface area contributed by atoms with Crippen LogP contribution in [0.2, 0.25) is 0 Å². The van der Waals surface area contributed by atoms with Gasteiger partial charge in [-0.2, -0.15) is 5.10 Å².